The van der Waals surface area contributed by atoms with E-state index < -0.39 is 26.6 Å². The zero-order valence-corrected chi connectivity index (χ0v) is 15.5. The molecule has 0 amide bonds. The zero-order valence-electron chi connectivity index (χ0n) is 14.7. The molecular weight excluding hydrogens is 388 g/mol. The number of rotatable bonds is 7. The summed E-state index contributed by atoms with van der Waals surface area (Å²) in [6, 6.07) is 4.85. The van der Waals surface area contributed by atoms with Crippen molar-refractivity contribution in [3.8, 4) is 11.4 Å². The van der Waals surface area contributed by atoms with Gasteiger partial charge in [-0.05, 0) is 31.0 Å². The fourth-order valence-electron chi connectivity index (χ4n) is 2.97. The second-order valence-corrected chi connectivity index (χ2v) is 8.19. The Labute approximate surface area is 160 Å². The first-order valence-electron chi connectivity index (χ1n) is 8.73. The van der Waals surface area contributed by atoms with Crippen molar-refractivity contribution < 1.29 is 17.2 Å². The van der Waals surface area contributed by atoms with Crippen LogP contribution in [0.5, 0.6) is 0 Å². The molecule has 10 heteroatoms. The van der Waals surface area contributed by atoms with Crippen molar-refractivity contribution in [2.24, 2.45) is 0 Å². The monoisotopic (exact) mass is 405 g/mol. The van der Waals surface area contributed by atoms with Crippen LogP contribution in [0, 0.1) is 11.6 Å². The molecule has 0 spiro atoms. The van der Waals surface area contributed by atoms with Crippen LogP contribution in [0.15, 0.2) is 47.8 Å². The molecule has 1 aromatic carbocycles. The SMILES string of the molecule is O=S(=O)(NCCn1nc(-c2cnccn2)cc1C1CC1)c1c(F)cccc1F. The number of sulfonamides is 1. The lowest BCUT2D eigenvalue weighted by molar-refractivity contribution is 0.509. The Morgan fingerprint density at radius 1 is 1.14 bits per heavy atom. The third-order valence-electron chi connectivity index (χ3n) is 4.44. The number of nitrogens with one attached hydrogen (secondary N) is 1. The van der Waals surface area contributed by atoms with E-state index in [-0.39, 0.29) is 13.1 Å². The summed E-state index contributed by atoms with van der Waals surface area (Å²) >= 11 is 0. The van der Waals surface area contributed by atoms with Crippen molar-refractivity contribution in [1.82, 2.24) is 24.5 Å². The van der Waals surface area contributed by atoms with Crippen LogP contribution in [0.3, 0.4) is 0 Å². The molecule has 3 aromatic rings. The number of halogens is 2. The zero-order chi connectivity index (χ0) is 19.7. The van der Waals surface area contributed by atoms with Crippen LogP contribution in [-0.2, 0) is 16.6 Å². The first kappa shape index (κ1) is 18.6. The maximum atomic E-state index is 13.8. The maximum absolute atomic E-state index is 13.8. The van der Waals surface area contributed by atoms with Crippen molar-refractivity contribution in [2.75, 3.05) is 6.54 Å². The van der Waals surface area contributed by atoms with Crippen LogP contribution in [0.2, 0.25) is 0 Å². The van der Waals surface area contributed by atoms with E-state index in [1.54, 1.807) is 23.3 Å². The van der Waals surface area contributed by atoms with Crippen LogP contribution < -0.4 is 4.72 Å². The third-order valence-corrected chi connectivity index (χ3v) is 5.95. The Balaban J connectivity index is 1.51. The van der Waals surface area contributed by atoms with Gasteiger partial charge in [-0.25, -0.2) is 21.9 Å². The Morgan fingerprint density at radius 3 is 2.54 bits per heavy atom. The van der Waals surface area contributed by atoms with Gasteiger partial charge in [0, 0.05) is 30.6 Å². The summed E-state index contributed by atoms with van der Waals surface area (Å²) in [5.41, 5.74) is 2.26. The molecule has 2 aromatic heterocycles. The van der Waals surface area contributed by atoms with Crippen molar-refractivity contribution in [3.63, 3.8) is 0 Å². The molecule has 28 heavy (non-hydrogen) atoms. The van der Waals surface area contributed by atoms with Crippen molar-refractivity contribution in [2.45, 2.75) is 30.2 Å². The summed E-state index contributed by atoms with van der Waals surface area (Å²) in [5, 5.41) is 4.50. The minimum atomic E-state index is -4.32. The van der Waals surface area contributed by atoms with Gasteiger partial charge in [0.25, 0.3) is 0 Å². The number of nitrogens with zero attached hydrogens (tertiary/aromatic N) is 4. The second kappa shape index (κ2) is 7.36. The van der Waals surface area contributed by atoms with Gasteiger partial charge in [0.1, 0.15) is 23.0 Å². The quantitative estimate of drug-likeness (QED) is 0.652. The highest BCUT2D eigenvalue weighted by molar-refractivity contribution is 7.89. The number of hydrogen-bond donors (Lipinski definition) is 1. The number of aromatic nitrogens is 4. The lowest BCUT2D eigenvalue weighted by atomic mass is 10.2. The Kier molecular flexibility index (Phi) is 4.90. The molecule has 2 heterocycles. The summed E-state index contributed by atoms with van der Waals surface area (Å²) in [4.78, 5) is 7.29. The average Bonchev–Trinajstić information content (AvgIpc) is 3.42. The van der Waals surface area contributed by atoms with E-state index in [4.69, 9.17) is 0 Å². The smallest absolute Gasteiger partial charge is 0.246 e. The maximum Gasteiger partial charge on any atom is 0.246 e. The molecule has 1 aliphatic carbocycles. The summed E-state index contributed by atoms with van der Waals surface area (Å²) in [6.45, 7) is 0.165. The summed E-state index contributed by atoms with van der Waals surface area (Å²) in [7, 11) is -4.32. The fraction of sp³-hybridized carbons (Fsp3) is 0.278. The van der Waals surface area contributed by atoms with Crippen molar-refractivity contribution in [1.29, 1.82) is 0 Å². The molecule has 0 saturated heterocycles. The van der Waals surface area contributed by atoms with Gasteiger partial charge in [-0.1, -0.05) is 6.07 Å². The molecule has 0 atom stereocenters. The van der Waals surface area contributed by atoms with Crippen LogP contribution in [0.25, 0.3) is 11.4 Å². The molecule has 0 bridgehead atoms. The van der Waals surface area contributed by atoms with Gasteiger partial charge in [-0.3, -0.25) is 14.6 Å². The van der Waals surface area contributed by atoms with Crippen molar-refractivity contribution >= 4 is 10.0 Å². The topological polar surface area (TPSA) is 89.8 Å². The highest BCUT2D eigenvalue weighted by atomic mass is 32.2. The number of hydrogen-bond acceptors (Lipinski definition) is 5. The molecule has 0 unspecified atom stereocenters. The van der Waals surface area contributed by atoms with Crippen LogP contribution in [-0.4, -0.2) is 34.7 Å². The largest absolute Gasteiger partial charge is 0.267 e. The van der Waals surface area contributed by atoms with E-state index in [2.05, 4.69) is 19.8 Å². The highest BCUT2D eigenvalue weighted by Crippen LogP contribution is 2.41. The second-order valence-electron chi connectivity index (χ2n) is 6.49. The molecule has 1 saturated carbocycles. The van der Waals surface area contributed by atoms with E-state index in [0.717, 1.165) is 36.7 Å². The third kappa shape index (κ3) is 3.78. The van der Waals surface area contributed by atoms with Crippen LogP contribution >= 0.6 is 0 Å². The fourth-order valence-corrected chi connectivity index (χ4v) is 4.13. The van der Waals surface area contributed by atoms with Gasteiger partial charge in [0.05, 0.1) is 12.7 Å². The van der Waals surface area contributed by atoms with Crippen molar-refractivity contribution in [3.05, 3.63) is 60.2 Å². The molecule has 146 valence electrons. The minimum Gasteiger partial charge on any atom is -0.267 e. The number of benzene rings is 1. The first-order chi connectivity index (χ1) is 13.5. The van der Waals surface area contributed by atoms with Gasteiger partial charge < -0.3 is 0 Å². The Morgan fingerprint density at radius 2 is 1.89 bits per heavy atom. The van der Waals surface area contributed by atoms with E-state index >= 15 is 0 Å². The highest BCUT2D eigenvalue weighted by Gasteiger charge is 2.29. The lowest BCUT2D eigenvalue weighted by Gasteiger charge is -2.10. The summed E-state index contributed by atoms with van der Waals surface area (Å²) in [6.07, 6.45) is 6.82. The Bertz CT molecular complexity index is 1080. The molecule has 1 aliphatic rings. The summed E-state index contributed by atoms with van der Waals surface area (Å²) in [5.74, 6) is -1.89. The normalized spacial score (nSPS) is 14.4. The molecule has 0 radical (unpaired) electrons. The molecular formula is C18H17F2N5O2S. The van der Waals surface area contributed by atoms with Gasteiger partial charge in [0.15, 0.2) is 4.90 Å². The van der Waals surface area contributed by atoms with Gasteiger partial charge >= 0.3 is 0 Å². The molecule has 1 fully saturated rings. The molecule has 1 N–H and O–H groups in total. The lowest BCUT2D eigenvalue weighted by Crippen LogP contribution is -2.29. The molecule has 4 rings (SSSR count). The first-order valence-corrected chi connectivity index (χ1v) is 10.2. The summed E-state index contributed by atoms with van der Waals surface area (Å²) < 4.78 is 56.1. The van der Waals surface area contributed by atoms with E-state index in [0.29, 0.717) is 17.3 Å². The molecule has 7 nitrogen and oxygen atoms in total. The van der Waals surface area contributed by atoms with Gasteiger partial charge in [-0.2, -0.15) is 5.10 Å². The van der Waals surface area contributed by atoms with E-state index in [1.807, 2.05) is 6.07 Å². The molecule has 0 aliphatic heterocycles. The van der Waals surface area contributed by atoms with Gasteiger partial charge in [-0.15, -0.1) is 0 Å². The van der Waals surface area contributed by atoms with Gasteiger partial charge in [0.2, 0.25) is 10.0 Å². The predicted octanol–water partition coefficient (Wildman–Crippen LogP) is 2.47. The average molecular weight is 405 g/mol. The standard InChI is InChI=1S/C18H17F2N5O2S/c19-13-2-1-3-14(20)18(13)28(26,27)23-8-9-25-17(12-4-5-12)10-15(24-25)16-11-21-6-7-22-16/h1-3,6-7,10-12,23H,4-5,8-9H2. The van der Waals surface area contributed by atoms with E-state index in [9.17, 15) is 17.2 Å². The minimum absolute atomic E-state index is 0.0581. The van der Waals surface area contributed by atoms with E-state index in [1.165, 1.54) is 0 Å². The Hall–Kier alpha value is -2.72. The van der Waals surface area contributed by atoms with Crippen LogP contribution in [0.1, 0.15) is 24.5 Å². The van der Waals surface area contributed by atoms with Crippen LogP contribution in [0.4, 0.5) is 8.78 Å². The predicted molar refractivity (Wildman–Crippen MR) is 96.8 cm³/mol.